The Balaban J connectivity index is 1.96. The highest BCUT2D eigenvalue weighted by Gasteiger charge is 2.10. The molecule has 0 aliphatic rings. The summed E-state index contributed by atoms with van der Waals surface area (Å²) >= 11 is 0. The number of anilines is 1. The normalized spacial score (nSPS) is 12.0. The lowest BCUT2D eigenvalue weighted by Gasteiger charge is -2.16. The zero-order valence-electron chi connectivity index (χ0n) is 12.9. The van der Waals surface area contributed by atoms with Crippen LogP contribution in [0.3, 0.4) is 0 Å². The number of rotatable bonds is 6. The molecule has 0 unspecified atom stereocenters. The highest BCUT2D eigenvalue weighted by atomic mass is 16.5. The Labute approximate surface area is 128 Å². The van der Waals surface area contributed by atoms with Crippen molar-refractivity contribution >= 4 is 11.7 Å². The molecule has 0 spiro atoms. The Hall–Kier alpha value is -2.48. The number of methoxy groups -OCH3 is 1. The molecule has 2 aromatic rings. The predicted octanol–water partition coefficient (Wildman–Crippen LogP) is 1.52. The number of carbonyl (C=O) groups excluding carboxylic acids is 1. The molecule has 0 saturated carbocycles. The minimum Gasteiger partial charge on any atom is -0.383 e. The summed E-state index contributed by atoms with van der Waals surface area (Å²) in [7, 11) is 1.61. The molecule has 2 N–H and O–H groups in total. The van der Waals surface area contributed by atoms with Gasteiger partial charge in [-0.1, -0.05) is 6.92 Å². The first-order valence-electron chi connectivity index (χ1n) is 7.06. The van der Waals surface area contributed by atoms with Gasteiger partial charge in [-0.2, -0.15) is 4.68 Å². The fourth-order valence-electron chi connectivity index (χ4n) is 1.97. The number of nitrogens with zero attached hydrogens (tertiary/aromatic N) is 4. The molecule has 1 atom stereocenters. The van der Waals surface area contributed by atoms with Gasteiger partial charge in [0, 0.05) is 12.8 Å². The number of benzene rings is 1. The lowest BCUT2D eigenvalue weighted by Crippen LogP contribution is -2.40. The second kappa shape index (κ2) is 7.51. The SMILES string of the molecule is CC[C@@H](COC)NC(=O)Nc1ccc(-n2nnnc2C)cc1. The third-order valence-electron chi connectivity index (χ3n) is 3.19. The van der Waals surface area contributed by atoms with Crippen molar-refractivity contribution in [3.63, 3.8) is 0 Å². The van der Waals surface area contributed by atoms with Crippen molar-refractivity contribution in [1.29, 1.82) is 0 Å². The number of tetrazole rings is 1. The number of ether oxygens (including phenoxy) is 1. The molecular formula is C14H20N6O2. The van der Waals surface area contributed by atoms with E-state index in [1.165, 1.54) is 0 Å². The van der Waals surface area contributed by atoms with E-state index in [-0.39, 0.29) is 12.1 Å². The molecular weight excluding hydrogens is 284 g/mol. The van der Waals surface area contributed by atoms with Gasteiger partial charge in [-0.15, -0.1) is 5.10 Å². The van der Waals surface area contributed by atoms with E-state index < -0.39 is 0 Å². The molecule has 0 aliphatic carbocycles. The number of aryl methyl sites for hydroxylation is 1. The van der Waals surface area contributed by atoms with Crippen LogP contribution in [0.4, 0.5) is 10.5 Å². The van der Waals surface area contributed by atoms with Crippen molar-refractivity contribution in [3.05, 3.63) is 30.1 Å². The van der Waals surface area contributed by atoms with Crippen LogP contribution in [0.1, 0.15) is 19.2 Å². The molecule has 1 aromatic carbocycles. The first kappa shape index (κ1) is 15.9. The molecule has 2 rings (SSSR count). The van der Waals surface area contributed by atoms with Crippen LogP contribution >= 0.6 is 0 Å². The Morgan fingerprint density at radius 3 is 2.64 bits per heavy atom. The van der Waals surface area contributed by atoms with Crippen molar-refractivity contribution in [3.8, 4) is 5.69 Å². The summed E-state index contributed by atoms with van der Waals surface area (Å²) in [6.45, 7) is 4.30. The summed E-state index contributed by atoms with van der Waals surface area (Å²) < 4.78 is 6.67. The number of hydrogen-bond acceptors (Lipinski definition) is 5. The molecule has 0 saturated heterocycles. The molecule has 0 aliphatic heterocycles. The number of nitrogens with one attached hydrogen (secondary N) is 2. The third kappa shape index (κ3) is 4.01. The predicted molar refractivity (Wildman–Crippen MR) is 82.0 cm³/mol. The number of urea groups is 1. The second-order valence-corrected chi connectivity index (χ2v) is 4.84. The lowest BCUT2D eigenvalue weighted by molar-refractivity contribution is 0.165. The maximum Gasteiger partial charge on any atom is 0.319 e. The summed E-state index contributed by atoms with van der Waals surface area (Å²) in [6, 6.07) is 7.01. The number of amides is 2. The molecule has 8 nitrogen and oxygen atoms in total. The molecule has 118 valence electrons. The van der Waals surface area contributed by atoms with Crippen LogP contribution in [0.25, 0.3) is 5.69 Å². The van der Waals surface area contributed by atoms with Crippen molar-refractivity contribution < 1.29 is 9.53 Å². The van der Waals surface area contributed by atoms with Gasteiger partial charge in [-0.25, -0.2) is 4.79 Å². The Bertz CT molecular complexity index is 610. The minimum absolute atomic E-state index is 0.00635. The molecule has 0 radical (unpaired) electrons. The van der Waals surface area contributed by atoms with E-state index in [0.29, 0.717) is 18.1 Å². The molecule has 2 amide bonds. The van der Waals surface area contributed by atoms with Crippen LogP contribution in [-0.2, 0) is 4.74 Å². The molecule has 0 bridgehead atoms. The Morgan fingerprint density at radius 2 is 2.09 bits per heavy atom. The Kier molecular flexibility index (Phi) is 5.42. The van der Waals surface area contributed by atoms with Crippen molar-refractivity contribution in [2.24, 2.45) is 0 Å². The van der Waals surface area contributed by atoms with Crippen LogP contribution in [0, 0.1) is 6.92 Å². The molecule has 0 fully saturated rings. The van der Waals surface area contributed by atoms with E-state index in [1.807, 2.05) is 26.0 Å². The zero-order chi connectivity index (χ0) is 15.9. The average molecular weight is 304 g/mol. The van der Waals surface area contributed by atoms with Crippen molar-refractivity contribution in [2.45, 2.75) is 26.3 Å². The van der Waals surface area contributed by atoms with Crippen LogP contribution < -0.4 is 10.6 Å². The van der Waals surface area contributed by atoms with Crippen molar-refractivity contribution in [2.75, 3.05) is 19.0 Å². The maximum atomic E-state index is 11.9. The van der Waals surface area contributed by atoms with E-state index in [2.05, 4.69) is 26.2 Å². The highest BCUT2D eigenvalue weighted by Crippen LogP contribution is 2.13. The van der Waals surface area contributed by atoms with Gasteiger partial charge in [-0.05, 0) is 48.0 Å². The van der Waals surface area contributed by atoms with Crippen LogP contribution in [0.15, 0.2) is 24.3 Å². The minimum atomic E-state index is -0.254. The zero-order valence-corrected chi connectivity index (χ0v) is 12.9. The number of hydrogen-bond donors (Lipinski definition) is 2. The summed E-state index contributed by atoms with van der Waals surface area (Å²) in [5, 5.41) is 17.0. The summed E-state index contributed by atoms with van der Waals surface area (Å²) in [4.78, 5) is 11.9. The topological polar surface area (TPSA) is 94.0 Å². The van der Waals surface area contributed by atoms with Gasteiger partial charge < -0.3 is 15.4 Å². The van der Waals surface area contributed by atoms with Gasteiger partial charge in [0.05, 0.1) is 18.3 Å². The average Bonchev–Trinajstić information content (AvgIpc) is 2.93. The van der Waals surface area contributed by atoms with Crippen LogP contribution in [0.2, 0.25) is 0 Å². The largest absolute Gasteiger partial charge is 0.383 e. The van der Waals surface area contributed by atoms with E-state index in [9.17, 15) is 4.79 Å². The molecule has 8 heteroatoms. The molecule has 1 aromatic heterocycles. The standard InChI is InChI=1S/C14H20N6O2/c1-4-11(9-22-3)15-14(21)16-12-5-7-13(8-6-12)20-10(2)17-18-19-20/h5-8,11H,4,9H2,1-3H3,(H2,15,16,21)/t11-/m0/s1. The third-order valence-corrected chi connectivity index (χ3v) is 3.19. The smallest absolute Gasteiger partial charge is 0.319 e. The molecule has 1 heterocycles. The monoisotopic (exact) mass is 304 g/mol. The second-order valence-electron chi connectivity index (χ2n) is 4.84. The fraction of sp³-hybridized carbons (Fsp3) is 0.429. The summed E-state index contributed by atoms with van der Waals surface area (Å²) in [5.41, 5.74) is 1.53. The first-order chi connectivity index (χ1) is 10.6. The Morgan fingerprint density at radius 1 is 1.36 bits per heavy atom. The van der Waals surface area contributed by atoms with E-state index in [1.54, 1.807) is 23.9 Å². The first-order valence-corrected chi connectivity index (χ1v) is 7.06. The fourth-order valence-corrected chi connectivity index (χ4v) is 1.97. The van der Waals surface area contributed by atoms with Crippen LogP contribution in [-0.4, -0.2) is 46.0 Å². The van der Waals surface area contributed by atoms with Gasteiger partial charge in [-0.3, -0.25) is 0 Å². The summed E-state index contributed by atoms with van der Waals surface area (Å²) in [6.07, 6.45) is 0.804. The highest BCUT2D eigenvalue weighted by molar-refractivity contribution is 5.89. The van der Waals surface area contributed by atoms with Crippen molar-refractivity contribution in [1.82, 2.24) is 25.5 Å². The summed E-state index contributed by atoms with van der Waals surface area (Å²) in [5.74, 6) is 0.698. The molecule has 22 heavy (non-hydrogen) atoms. The van der Waals surface area contributed by atoms with Gasteiger partial charge >= 0.3 is 6.03 Å². The van der Waals surface area contributed by atoms with Gasteiger partial charge in [0.1, 0.15) is 0 Å². The van der Waals surface area contributed by atoms with Gasteiger partial charge in [0.15, 0.2) is 5.82 Å². The number of carbonyl (C=O) groups is 1. The van der Waals surface area contributed by atoms with Gasteiger partial charge in [0.25, 0.3) is 0 Å². The maximum absolute atomic E-state index is 11.9. The quantitative estimate of drug-likeness (QED) is 0.844. The van der Waals surface area contributed by atoms with E-state index in [4.69, 9.17) is 4.74 Å². The van der Waals surface area contributed by atoms with Crippen LogP contribution in [0.5, 0.6) is 0 Å². The number of aromatic nitrogens is 4. The van der Waals surface area contributed by atoms with E-state index >= 15 is 0 Å². The lowest BCUT2D eigenvalue weighted by atomic mass is 10.2. The van der Waals surface area contributed by atoms with Gasteiger partial charge in [0.2, 0.25) is 0 Å². The van der Waals surface area contributed by atoms with E-state index in [0.717, 1.165) is 12.1 Å².